The second-order valence-corrected chi connectivity index (χ2v) is 8.96. The Morgan fingerprint density at radius 2 is 1.94 bits per heavy atom. The highest BCUT2D eigenvalue weighted by molar-refractivity contribution is 5.88. The lowest BCUT2D eigenvalue weighted by Crippen LogP contribution is -2.39. The second-order valence-electron chi connectivity index (χ2n) is 8.96. The number of nitrogens with one attached hydrogen (secondary N) is 1. The van der Waals surface area contributed by atoms with Crippen molar-refractivity contribution in [2.45, 2.75) is 44.9 Å². The van der Waals surface area contributed by atoms with E-state index in [1.54, 1.807) is 18.3 Å². The van der Waals surface area contributed by atoms with Gasteiger partial charge >= 0.3 is 6.03 Å². The maximum atomic E-state index is 12.4. The highest BCUT2D eigenvalue weighted by Crippen LogP contribution is 2.31. The summed E-state index contributed by atoms with van der Waals surface area (Å²) < 4.78 is 6.11. The Morgan fingerprint density at radius 1 is 1.15 bits per heavy atom. The first-order valence-corrected chi connectivity index (χ1v) is 11.8. The smallest absolute Gasteiger partial charge is 0.323 e. The zero-order valence-electron chi connectivity index (χ0n) is 18.9. The van der Waals surface area contributed by atoms with Crippen molar-refractivity contribution in [3.63, 3.8) is 0 Å². The highest BCUT2D eigenvalue weighted by atomic mass is 16.5. The topological polar surface area (TPSA) is 91.1 Å². The molecule has 2 aromatic rings. The Bertz CT molecular complexity index is 983. The molecule has 1 aromatic heterocycles. The van der Waals surface area contributed by atoms with E-state index in [4.69, 9.17) is 10.00 Å². The van der Waals surface area contributed by atoms with Crippen LogP contribution in [0.25, 0.3) is 6.08 Å². The predicted molar refractivity (Wildman–Crippen MR) is 127 cm³/mol. The standard InChI is InChI=1S/C26H31N5O2/c27-13-10-20-6-8-22(9-7-20)19-33-24-4-1-3-23(18-24)17-21-11-15-31(16-12-21)26(32)29-25-5-2-14-28-30-25/h1-5,14,17-18,20,22H,6-12,15-16,19H2,(H,29,30,32). The molecule has 1 N–H and O–H groups in total. The summed E-state index contributed by atoms with van der Waals surface area (Å²) in [4.78, 5) is 14.2. The van der Waals surface area contributed by atoms with E-state index in [-0.39, 0.29) is 6.03 Å². The van der Waals surface area contributed by atoms with Gasteiger partial charge < -0.3 is 9.64 Å². The SMILES string of the molecule is N#CCC1CCC(COc2cccc(C=C3CCN(C(=O)Nc4cccnn4)CC3)c2)CC1. The van der Waals surface area contributed by atoms with Gasteiger partial charge in [-0.15, -0.1) is 5.10 Å². The van der Waals surface area contributed by atoms with Crippen molar-refractivity contribution < 1.29 is 9.53 Å². The van der Waals surface area contributed by atoms with Crippen LogP contribution in [0.15, 0.2) is 48.2 Å². The molecule has 7 nitrogen and oxygen atoms in total. The van der Waals surface area contributed by atoms with Crippen LogP contribution in [0.4, 0.5) is 10.6 Å². The largest absolute Gasteiger partial charge is 0.493 e. The van der Waals surface area contributed by atoms with Crippen LogP contribution in [-0.4, -0.2) is 40.8 Å². The van der Waals surface area contributed by atoms with E-state index in [0.29, 0.717) is 37.2 Å². The number of hydrogen-bond donors (Lipinski definition) is 1. The normalized spacial score (nSPS) is 20.6. The van der Waals surface area contributed by atoms with Gasteiger partial charge in [0.1, 0.15) is 5.75 Å². The lowest BCUT2D eigenvalue weighted by molar-refractivity contribution is 0.184. The van der Waals surface area contributed by atoms with Crippen molar-refractivity contribution in [3.05, 3.63) is 53.7 Å². The first-order valence-electron chi connectivity index (χ1n) is 11.8. The molecule has 33 heavy (non-hydrogen) atoms. The third kappa shape index (κ3) is 6.79. The Balaban J connectivity index is 1.24. The van der Waals surface area contributed by atoms with Gasteiger partial charge in [-0.3, -0.25) is 5.32 Å². The third-order valence-corrected chi connectivity index (χ3v) is 6.56. The van der Waals surface area contributed by atoms with Gasteiger partial charge in [-0.05, 0) is 80.2 Å². The molecule has 7 heteroatoms. The van der Waals surface area contributed by atoms with E-state index in [9.17, 15) is 4.79 Å². The van der Waals surface area contributed by atoms with Crippen LogP contribution in [0, 0.1) is 23.2 Å². The van der Waals surface area contributed by atoms with Crippen LogP contribution in [0.5, 0.6) is 5.75 Å². The van der Waals surface area contributed by atoms with Gasteiger partial charge in [-0.25, -0.2) is 4.79 Å². The van der Waals surface area contributed by atoms with E-state index < -0.39 is 0 Å². The molecule has 172 valence electrons. The molecule has 1 aromatic carbocycles. The number of carbonyl (C=O) groups is 1. The summed E-state index contributed by atoms with van der Waals surface area (Å²) in [6, 6.07) is 13.9. The van der Waals surface area contributed by atoms with E-state index in [2.05, 4.69) is 39.8 Å². The van der Waals surface area contributed by atoms with Gasteiger partial charge in [-0.1, -0.05) is 23.8 Å². The highest BCUT2D eigenvalue weighted by Gasteiger charge is 2.22. The van der Waals surface area contributed by atoms with Crippen LogP contribution in [-0.2, 0) is 0 Å². The van der Waals surface area contributed by atoms with Crippen LogP contribution in [0.3, 0.4) is 0 Å². The molecule has 2 amide bonds. The number of benzene rings is 1. The summed E-state index contributed by atoms with van der Waals surface area (Å²) in [6.07, 6.45) is 10.8. The quantitative estimate of drug-likeness (QED) is 0.653. The minimum atomic E-state index is -0.133. The predicted octanol–water partition coefficient (Wildman–Crippen LogP) is 5.29. The monoisotopic (exact) mass is 445 g/mol. The van der Waals surface area contributed by atoms with Gasteiger partial charge in [0.05, 0.1) is 12.7 Å². The van der Waals surface area contributed by atoms with E-state index in [1.165, 1.54) is 5.57 Å². The van der Waals surface area contributed by atoms with Crippen molar-refractivity contribution in [3.8, 4) is 11.8 Å². The molecule has 4 rings (SSSR count). The number of amides is 2. The zero-order chi connectivity index (χ0) is 22.9. The van der Waals surface area contributed by atoms with Crippen LogP contribution in [0.2, 0.25) is 0 Å². The Hall–Kier alpha value is -3.40. The molecule has 0 unspecified atom stereocenters. The van der Waals surface area contributed by atoms with Crippen LogP contribution >= 0.6 is 0 Å². The average molecular weight is 446 g/mol. The number of piperidine rings is 1. The number of hydrogen-bond acceptors (Lipinski definition) is 5. The van der Waals surface area contributed by atoms with E-state index >= 15 is 0 Å². The average Bonchev–Trinajstić information content (AvgIpc) is 2.85. The molecule has 1 saturated carbocycles. The van der Waals surface area contributed by atoms with Gasteiger partial charge in [0, 0.05) is 25.7 Å². The molecule has 1 aliphatic heterocycles. The van der Waals surface area contributed by atoms with Crippen molar-refractivity contribution in [1.29, 1.82) is 5.26 Å². The Labute approximate surface area is 195 Å². The minimum absolute atomic E-state index is 0.133. The third-order valence-electron chi connectivity index (χ3n) is 6.56. The van der Waals surface area contributed by atoms with Crippen LogP contribution < -0.4 is 10.1 Å². The summed E-state index contributed by atoms with van der Waals surface area (Å²) >= 11 is 0. The molecule has 1 aliphatic carbocycles. The van der Waals surface area contributed by atoms with Gasteiger partial charge in [-0.2, -0.15) is 10.4 Å². The number of ether oxygens (including phenoxy) is 1. The molecular formula is C26H31N5O2. The molecule has 0 spiro atoms. The minimum Gasteiger partial charge on any atom is -0.493 e. The lowest BCUT2D eigenvalue weighted by Gasteiger charge is -2.28. The molecule has 1 saturated heterocycles. The zero-order valence-corrected chi connectivity index (χ0v) is 18.9. The molecule has 2 fully saturated rings. The Kier molecular flexibility index (Phi) is 7.91. The maximum Gasteiger partial charge on any atom is 0.323 e. The molecule has 2 aliphatic rings. The van der Waals surface area contributed by atoms with Crippen LogP contribution in [0.1, 0.15) is 50.5 Å². The summed E-state index contributed by atoms with van der Waals surface area (Å²) in [7, 11) is 0. The van der Waals surface area contributed by atoms with Gasteiger partial charge in [0.15, 0.2) is 5.82 Å². The number of likely N-dealkylation sites (tertiary alicyclic amines) is 1. The molecular weight excluding hydrogens is 414 g/mol. The molecule has 0 radical (unpaired) electrons. The van der Waals surface area contributed by atoms with E-state index in [0.717, 1.165) is 56.4 Å². The number of aromatic nitrogens is 2. The van der Waals surface area contributed by atoms with Gasteiger partial charge in [0.25, 0.3) is 0 Å². The molecule has 2 heterocycles. The number of rotatable bonds is 6. The number of nitrogens with zero attached hydrogens (tertiary/aromatic N) is 4. The Morgan fingerprint density at radius 3 is 2.67 bits per heavy atom. The summed E-state index contributed by atoms with van der Waals surface area (Å²) in [5.41, 5.74) is 2.48. The van der Waals surface area contributed by atoms with Crippen molar-refractivity contribution in [1.82, 2.24) is 15.1 Å². The first kappa shape index (κ1) is 22.8. The van der Waals surface area contributed by atoms with E-state index in [1.807, 2.05) is 17.0 Å². The van der Waals surface area contributed by atoms with Crippen molar-refractivity contribution >= 4 is 17.9 Å². The van der Waals surface area contributed by atoms with Crippen molar-refractivity contribution in [2.75, 3.05) is 25.0 Å². The van der Waals surface area contributed by atoms with Gasteiger partial charge in [0.2, 0.25) is 0 Å². The maximum absolute atomic E-state index is 12.4. The summed E-state index contributed by atoms with van der Waals surface area (Å²) in [6.45, 7) is 2.11. The number of nitriles is 1. The molecule has 0 bridgehead atoms. The molecule has 0 atom stereocenters. The fraction of sp³-hybridized carbons (Fsp3) is 0.462. The first-order chi connectivity index (χ1) is 16.2. The number of anilines is 1. The number of urea groups is 1. The fourth-order valence-corrected chi connectivity index (χ4v) is 4.57. The summed E-state index contributed by atoms with van der Waals surface area (Å²) in [5, 5.41) is 19.4. The lowest BCUT2D eigenvalue weighted by atomic mass is 9.81. The number of carbonyl (C=O) groups excluding carboxylic acids is 1. The fourth-order valence-electron chi connectivity index (χ4n) is 4.57. The second kappa shape index (κ2) is 11.5. The summed E-state index contributed by atoms with van der Waals surface area (Å²) in [5.74, 6) is 2.53. The van der Waals surface area contributed by atoms with Crippen molar-refractivity contribution in [2.24, 2.45) is 11.8 Å².